The zero-order valence-corrected chi connectivity index (χ0v) is 30.6. The van der Waals surface area contributed by atoms with Gasteiger partial charge in [-0.1, -0.05) is 26.0 Å². The van der Waals surface area contributed by atoms with Gasteiger partial charge in [0.05, 0.1) is 33.9 Å². The molecule has 1 heterocycles. The fraction of sp³-hybridized carbons (Fsp3) is 0.568. The van der Waals surface area contributed by atoms with E-state index in [2.05, 4.69) is 10.6 Å². The molecule has 3 rings (SSSR count). The van der Waals surface area contributed by atoms with E-state index in [0.717, 1.165) is 11.1 Å². The maximum atomic E-state index is 12.9. The minimum atomic E-state index is -0.968. The van der Waals surface area contributed by atoms with E-state index in [4.69, 9.17) is 33.2 Å². The standard InChI is InChI=1S/C37H52N2O11/c1-22(2)16-28(39-36(43)50-37(4,5)6)33(40)38-23(3)34(41)48-15-14-47-30-13-11-25(20-32(30)46-9)18-27-26(21-49-35(27)42)17-24-10-12-29(44-7)31(19-24)45-8/h10-13,19-20,22-23,26-28H,14-18,21H2,1-9H3,(H,38,40)(H,39,43)/t23-,26?,27?,28-/m0/s1. The largest absolute Gasteiger partial charge is 0.493 e. The first-order valence-electron chi connectivity index (χ1n) is 16.8. The van der Waals surface area contributed by atoms with Gasteiger partial charge in [0.2, 0.25) is 5.91 Å². The van der Waals surface area contributed by atoms with Crippen molar-refractivity contribution in [2.24, 2.45) is 17.8 Å². The van der Waals surface area contributed by atoms with Crippen molar-refractivity contribution < 1.29 is 52.3 Å². The average molecular weight is 701 g/mol. The Bertz CT molecular complexity index is 1470. The molecule has 2 N–H and O–H groups in total. The topological polar surface area (TPSA) is 157 Å². The van der Waals surface area contributed by atoms with Crippen molar-refractivity contribution in [3.05, 3.63) is 47.5 Å². The molecule has 2 aromatic carbocycles. The Hall–Kier alpha value is -4.68. The molecule has 1 aliphatic rings. The second kappa shape index (κ2) is 18.4. The maximum Gasteiger partial charge on any atom is 0.408 e. The van der Waals surface area contributed by atoms with Crippen molar-refractivity contribution in [3.8, 4) is 23.0 Å². The van der Waals surface area contributed by atoms with E-state index >= 15 is 0 Å². The van der Waals surface area contributed by atoms with Gasteiger partial charge in [-0.05, 0) is 88.3 Å². The average Bonchev–Trinajstić information content (AvgIpc) is 3.39. The molecule has 2 aromatic rings. The number of carbonyl (C=O) groups excluding carboxylic acids is 4. The molecule has 0 spiro atoms. The molecule has 50 heavy (non-hydrogen) atoms. The molecular weight excluding hydrogens is 648 g/mol. The smallest absolute Gasteiger partial charge is 0.408 e. The molecule has 4 atom stereocenters. The van der Waals surface area contributed by atoms with Gasteiger partial charge in [-0.25, -0.2) is 9.59 Å². The number of cyclic esters (lactones) is 1. The Morgan fingerprint density at radius 3 is 2.04 bits per heavy atom. The number of hydrogen-bond donors (Lipinski definition) is 2. The lowest BCUT2D eigenvalue weighted by Crippen LogP contribution is -2.52. The van der Waals surface area contributed by atoms with Gasteiger partial charge in [-0.15, -0.1) is 0 Å². The van der Waals surface area contributed by atoms with E-state index in [-0.39, 0.29) is 36.9 Å². The summed E-state index contributed by atoms with van der Waals surface area (Å²) in [6.07, 6.45) is 0.731. The molecule has 0 aliphatic carbocycles. The van der Waals surface area contributed by atoms with E-state index in [1.165, 1.54) is 14.0 Å². The molecule has 0 aromatic heterocycles. The van der Waals surface area contributed by atoms with E-state index in [0.29, 0.717) is 48.9 Å². The van der Waals surface area contributed by atoms with Gasteiger partial charge in [-0.2, -0.15) is 0 Å². The first kappa shape index (κ1) is 39.8. The highest BCUT2D eigenvalue weighted by atomic mass is 16.6. The number of rotatable bonds is 17. The van der Waals surface area contributed by atoms with Gasteiger partial charge < -0.3 is 43.8 Å². The van der Waals surface area contributed by atoms with Crippen molar-refractivity contribution in [2.75, 3.05) is 41.2 Å². The second-order valence-electron chi connectivity index (χ2n) is 13.7. The maximum absolute atomic E-state index is 12.9. The zero-order chi connectivity index (χ0) is 37.0. The molecule has 1 fully saturated rings. The van der Waals surface area contributed by atoms with Gasteiger partial charge in [0.1, 0.15) is 30.9 Å². The minimum absolute atomic E-state index is 0.0216. The van der Waals surface area contributed by atoms with Crippen LogP contribution < -0.4 is 29.6 Å². The molecule has 13 heteroatoms. The van der Waals surface area contributed by atoms with Crippen LogP contribution in [-0.4, -0.2) is 82.8 Å². The molecule has 0 bridgehead atoms. The summed E-state index contributed by atoms with van der Waals surface area (Å²) in [5, 5.41) is 5.19. The number of amides is 2. The fourth-order valence-corrected chi connectivity index (χ4v) is 5.52. The highest BCUT2D eigenvalue weighted by Crippen LogP contribution is 2.35. The molecule has 13 nitrogen and oxygen atoms in total. The summed E-state index contributed by atoms with van der Waals surface area (Å²) in [5.41, 5.74) is 1.17. The molecule has 276 valence electrons. The summed E-state index contributed by atoms with van der Waals surface area (Å²) >= 11 is 0. The Kier molecular flexibility index (Phi) is 14.6. The second-order valence-corrected chi connectivity index (χ2v) is 13.7. The van der Waals surface area contributed by atoms with Gasteiger partial charge >= 0.3 is 18.0 Å². The first-order valence-corrected chi connectivity index (χ1v) is 16.8. The Balaban J connectivity index is 1.52. The Morgan fingerprint density at radius 2 is 1.44 bits per heavy atom. The number of ether oxygens (including phenoxy) is 7. The van der Waals surface area contributed by atoms with Gasteiger partial charge in [0.15, 0.2) is 23.0 Å². The third-order valence-corrected chi connectivity index (χ3v) is 7.95. The lowest BCUT2D eigenvalue weighted by atomic mass is 9.85. The SMILES string of the molecule is COc1ccc(CC2COC(=O)C2Cc2ccc(OCCOC(=O)[C@H](C)NC(=O)[C@H](CC(C)C)NC(=O)OC(C)(C)C)c(OC)c2)cc1OC. The monoisotopic (exact) mass is 700 g/mol. The predicted octanol–water partition coefficient (Wildman–Crippen LogP) is 4.65. The molecule has 1 saturated heterocycles. The highest BCUT2D eigenvalue weighted by Gasteiger charge is 2.37. The third-order valence-electron chi connectivity index (χ3n) is 7.95. The quantitative estimate of drug-likeness (QED) is 0.135. The Labute approximate surface area is 294 Å². The van der Waals surface area contributed by atoms with Crippen LogP contribution >= 0.6 is 0 Å². The number of methoxy groups -OCH3 is 3. The summed E-state index contributed by atoms with van der Waals surface area (Å²) in [7, 11) is 4.69. The first-order chi connectivity index (χ1) is 23.6. The summed E-state index contributed by atoms with van der Waals surface area (Å²) in [6, 6.07) is 9.29. The van der Waals surface area contributed by atoms with Gasteiger partial charge in [-0.3, -0.25) is 9.59 Å². The van der Waals surface area contributed by atoms with Crippen LogP contribution in [0, 0.1) is 17.8 Å². The van der Waals surface area contributed by atoms with Crippen LogP contribution in [0.5, 0.6) is 23.0 Å². The van der Waals surface area contributed by atoms with Crippen LogP contribution in [0.15, 0.2) is 36.4 Å². The van der Waals surface area contributed by atoms with Crippen molar-refractivity contribution in [3.63, 3.8) is 0 Å². The minimum Gasteiger partial charge on any atom is -0.493 e. The number of hydrogen-bond acceptors (Lipinski definition) is 11. The zero-order valence-electron chi connectivity index (χ0n) is 30.6. The van der Waals surface area contributed by atoms with E-state index < -0.39 is 35.7 Å². The van der Waals surface area contributed by atoms with Crippen LogP contribution in [0.25, 0.3) is 0 Å². The molecule has 2 amide bonds. The number of nitrogens with one attached hydrogen (secondary N) is 2. The Morgan fingerprint density at radius 1 is 0.840 bits per heavy atom. The fourth-order valence-electron chi connectivity index (χ4n) is 5.52. The number of esters is 2. The molecule has 1 aliphatic heterocycles. The van der Waals surface area contributed by atoms with Crippen molar-refractivity contribution in [2.45, 2.75) is 78.5 Å². The summed E-state index contributed by atoms with van der Waals surface area (Å²) in [4.78, 5) is 50.5. The molecule has 2 unspecified atom stereocenters. The van der Waals surface area contributed by atoms with Crippen LogP contribution in [0.2, 0.25) is 0 Å². The van der Waals surface area contributed by atoms with Crippen molar-refractivity contribution in [1.82, 2.24) is 10.6 Å². The van der Waals surface area contributed by atoms with E-state index in [1.54, 1.807) is 41.1 Å². The number of benzene rings is 2. The molecule has 0 radical (unpaired) electrons. The molecule has 0 saturated carbocycles. The lowest BCUT2D eigenvalue weighted by molar-refractivity contribution is -0.148. The van der Waals surface area contributed by atoms with Gasteiger partial charge in [0, 0.05) is 5.92 Å². The molecular formula is C37H52N2O11. The van der Waals surface area contributed by atoms with E-state index in [9.17, 15) is 19.2 Å². The summed E-state index contributed by atoms with van der Waals surface area (Å²) < 4.78 is 38.2. The summed E-state index contributed by atoms with van der Waals surface area (Å²) in [5.74, 6) is 0.488. The van der Waals surface area contributed by atoms with Crippen LogP contribution in [0.4, 0.5) is 4.79 Å². The predicted molar refractivity (Wildman–Crippen MR) is 185 cm³/mol. The number of alkyl carbamates (subject to hydrolysis) is 1. The highest BCUT2D eigenvalue weighted by molar-refractivity contribution is 5.89. The van der Waals surface area contributed by atoms with Gasteiger partial charge in [0.25, 0.3) is 0 Å². The van der Waals surface area contributed by atoms with Crippen LogP contribution in [0.1, 0.15) is 59.1 Å². The van der Waals surface area contributed by atoms with E-state index in [1.807, 2.05) is 44.2 Å². The van der Waals surface area contributed by atoms with Crippen LogP contribution in [-0.2, 0) is 41.4 Å². The van der Waals surface area contributed by atoms with Crippen LogP contribution in [0.3, 0.4) is 0 Å². The normalized spacial score (nSPS) is 16.9. The van der Waals surface area contributed by atoms with Crippen molar-refractivity contribution in [1.29, 1.82) is 0 Å². The van der Waals surface area contributed by atoms with Crippen molar-refractivity contribution >= 4 is 23.9 Å². The number of carbonyl (C=O) groups is 4. The third kappa shape index (κ3) is 12.0. The lowest BCUT2D eigenvalue weighted by Gasteiger charge is -2.25. The summed E-state index contributed by atoms with van der Waals surface area (Å²) in [6.45, 7) is 10.8.